The van der Waals surface area contributed by atoms with Gasteiger partial charge in [-0.1, -0.05) is 19.9 Å². The first-order valence-electron chi connectivity index (χ1n) is 5.84. The molecular formula is C13H20O2. The number of rotatable bonds is 3. The van der Waals surface area contributed by atoms with E-state index < -0.39 is 0 Å². The molecule has 2 bridgehead atoms. The Morgan fingerprint density at radius 3 is 2.73 bits per heavy atom. The van der Waals surface area contributed by atoms with E-state index in [1.165, 1.54) is 25.7 Å². The topological polar surface area (TPSA) is 26.3 Å². The highest BCUT2D eigenvalue weighted by molar-refractivity contribution is 5.86. The summed E-state index contributed by atoms with van der Waals surface area (Å²) in [7, 11) is 0. The number of ether oxygens (including phenoxy) is 1. The third-order valence-corrected chi connectivity index (χ3v) is 4.16. The van der Waals surface area contributed by atoms with E-state index in [0.29, 0.717) is 12.2 Å². The van der Waals surface area contributed by atoms with E-state index in [9.17, 15) is 4.79 Å². The molecule has 2 nitrogen and oxygen atoms in total. The minimum absolute atomic E-state index is 0.237. The van der Waals surface area contributed by atoms with Crippen LogP contribution in [0.25, 0.3) is 0 Å². The van der Waals surface area contributed by atoms with Crippen molar-refractivity contribution in [2.45, 2.75) is 39.5 Å². The van der Waals surface area contributed by atoms with Gasteiger partial charge in [0.1, 0.15) is 0 Å². The van der Waals surface area contributed by atoms with Gasteiger partial charge < -0.3 is 4.74 Å². The third-order valence-electron chi connectivity index (χ3n) is 4.16. The van der Waals surface area contributed by atoms with E-state index in [0.717, 1.165) is 11.8 Å². The van der Waals surface area contributed by atoms with Crippen LogP contribution in [0.1, 0.15) is 39.5 Å². The van der Waals surface area contributed by atoms with E-state index in [1.54, 1.807) is 6.92 Å². The molecule has 0 spiro atoms. The van der Waals surface area contributed by atoms with Crippen LogP contribution in [0.4, 0.5) is 0 Å². The number of carbonyl (C=O) groups excluding carboxylic acids is 1. The Morgan fingerprint density at radius 1 is 1.53 bits per heavy atom. The fourth-order valence-corrected chi connectivity index (χ4v) is 3.25. The molecule has 2 aliphatic carbocycles. The maximum absolute atomic E-state index is 11.3. The molecule has 2 aliphatic rings. The van der Waals surface area contributed by atoms with Gasteiger partial charge in [0.05, 0.1) is 6.61 Å². The van der Waals surface area contributed by atoms with Crippen LogP contribution in [0.3, 0.4) is 0 Å². The quantitative estimate of drug-likeness (QED) is 0.526. The van der Waals surface area contributed by atoms with Gasteiger partial charge in [0.25, 0.3) is 0 Å². The fourth-order valence-electron chi connectivity index (χ4n) is 3.25. The van der Waals surface area contributed by atoms with Crippen LogP contribution < -0.4 is 0 Å². The second kappa shape index (κ2) is 3.66. The first kappa shape index (κ1) is 10.7. The Bertz CT molecular complexity index is 295. The van der Waals surface area contributed by atoms with Gasteiger partial charge in [-0.2, -0.15) is 0 Å². The fraction of sp³-hybridized carbons (Fsp3) is 0.769. The first-order valence-corrected chi connectivity index (χ1v) is 5.84. The summed E-state index contributed by atoms with van der Waals surface area (Å²) in [5.74, 6) is 1.43. The lowest BCUT2D eigenvalue weighted by atomic mass is 9.75. The summed E-state index contributed by atoms with van der Waals surface area (Å²) in [6.07, 6.45) is 5.29. The Hall–Kier alpha value is -0.790. The second-order valence-corrected chi connectivity index (χ2v) is 5.59. The predicted octanol–water partition coefficient (Wildman–Crippen LogP) is 2.93. The molecule has 3 unspecified atom stereocenters. The van der Waals surface area contributed by atoms with Crippen molar-refractivity contribution in [1.82, 2.24) is 0 Å². The van der Waals surface area contributed by atoms with Gasteiger partial charge in [0, 0.05) is 11.0 Å². The zero-order chi connectivity index (χ0) is 11.1. The average Bonchev–Trinajstić information content (AvgIpc) is 2.73. The smallest absolute Gasteiger partial charge is 0.333 e. The molecule has 0 amide bonds. The monoisotopic (exact) mass is 208 g/mol. The van der Waals surface area contributed by atoms with Crippen LogP contribution in [-0.2, 0) is 9.53 Å². The van der Waals surface area contributed by atoms with Crippen LogP contribution in [-0.4, -0.2) is 12.6 Å². The second-order valence-electron chi connectivity index (χ2n) is 5.59. The largest absolute Gasteiger partial charge is 0.462 e. The molecule has 0 aromatic heterocycles. The highest BCUT2D eigenvalue weighted by atomic mass is 16.5. The molecule has 0 aromatic carbocycles. The molecule has 0 N–H and O–H groups in total. The minimum atomic E-state index is -0.237. The molecule has 0 saturated heterocycles. The van der Waals surface area contributed by atoms with E-state index in [-0.39, 0.29) is 11.4 Å². The van der Waals surface area contributed by atoms with Crippen molar-refractivity contribution < 1.29 is 9.53 Å². The molecule has 2 heteroatoms. The van der Waals surface area contributed by atoms with Crippen molar-refractivity contribution in [3.05, 3.63) is 12.2 Å². The lowest BCUT2D eigenvalue weighted by Crippen LogP contribution is -2.30. The van der Waals surface area contributed by atoms with Gasteiger partial charge in [-0.3, -0.25) is 0 Å². The van der Waals surface area contributed by atoms with Gasteiger partial charge >= 0.3 is 5.97 Å². The van der Waals surface area contributed by atoms with Crippen molar-refractivity contribution in [2.24, 2.45) is 17.3 Å². The molecule has 0 heterocycles. The lowest BCUT2D eigenvalue weighted by Gasteiger charge is -2.33. The van der Waals surface area contributed by atoms with Gasteiger partial charge in [-0.25, -0.2) is 4.79 Å². The molecule has 2 saturated carbocycles. The Balaban J connectivity index is 1.89. The summed E-state index contributed by atoms with van der Waals surface area (Å²) in [5.41, 5.74) is 0.746. The predicted molar refractivity (Wildman–Crippen MR) is 59.3 cm³/mol. The van der Waals surface area contributed by atoms with Crippen LogP contribution in [0, 0.1) is 17.3 Å². The van der Waals surface area contributed by atoms with Crippen LogP contribution in [0.5, 0.6) is 0 Å². The average molecular weight is 208 g/mol. The van der Waals surface area contributed by atoms with Gasteiger partial charge in [0.2, 0.25) is 0 Å². The summed E-state index contributed by atoms with van der Waals surface area (Å²) in [5, 5.41) is 0. The Labute approximate surface area is 91.7 Å². The molecule has 15 heavy (non-hydrogen) atoms. The zero-order valence-electron chi connectivity index (χ0n) is 9.71. The Kier molecular flexibility index (Phi) is 2.61. The van der Waals surface area contributed by atoms with E-state index in [4.69, 9.17) is 4.74 Å². The summed E-state index contributed by atoms with van der Waals surface area (Å²) in [4.78, 5) is 11.3. The minimum Gasteiger partial charge on any atom is -0.462 e. The van der Waals surface area contributed by atoms with E-state index in [2.05, 4.69) is 13.5 Å². The molecule has 2 fully saturated rings. The third kappa shape index (κ3) is 1.95. The highest BCUT2D eigenvalue weighted by Crippen LogP contribution is 2.55. The van der Waals surface area contributed by atoms with Crippen molar-refractivity contribution in [3.63, 3.8) is 0 Å². The van der Waals surface area contributed by atoms with Crippen molar-refractivity contribution in [2.75, 3.05) is 6.61 Å². The maximum Gasteiger partial charge on any atom is 0.333 e. The van der Waals surface area contributed by atoms with Crippen molar-refractivity contribution in [1.29, 1.82) is 0 Å². The first-order chi connectivity index (χ1) is 7.01. The van der Waals surface area contributed by atoms with E-state index >= 15 is 0 Å². The van der Waals surface area contributed by atoms with Gasteiger partial charge in [-0.15, -0.1) is 0 Å². The summed E-state index contributed by atoms with van der Waals surface area (Å²) in [6.45, 7) is 8.15. The summed E-state index contributed by atoms with van der Waals surface area (Å²) in [6, 6.07) is 0. The Morgan fingerprint density at radius 2 is 2.27 bits per heavy atom. The number of fused-ring (bicyclic) bond motifs is 2. The van der Waals surface area contributed by atoms with Crippen molar-refractivity contribution in [3.8, 4) is 0 Å². The molecule has 84 valence electrons. The highest BCUT2D eigenvalue weighted by Gasteiger charge is 2.48. The molecule has 2 rings (SSSR count). The lowest BCUT2D eigenvalue weighted by molar-refractivity contribution is -0.143. The normalized spacial score (nSPS) is 38.0. The van der Waals surface area contributed by atoms with E-state index in [1.807, 2.05) is 0 Å². The number of hydrogen-bond acceptors (Lipinski definition) is 2. The number of esters is 1. The molecule has 0 aliphatic heterocycles. The van der Waals surface area contributed by atoms with Crippen molar-refractivity contribution >= 4 is 5.97 Å². The number of hydrogen-bond donors (Lipinski definition) is 0. The molecule has 3 atom stereocenters. The maximum atomic E-state index is 11.3. The van der Waals surface area contributed by atoms with Gasteiger partial charge in [-0.05, 0) is 38.0 Å². The molecular weight excluding hydrogens is 188 g/mol. The standard InChI is InChI=1S/C13H20O2/c1-9(2)12(14)15-8-13(3)7-10-4-5-11(13)6-10/h10-11H,1,4-8H2,2-3H3. The zero-order valence-corrected chi connectivity index (χ0v) is 9.71. The molecule has 0 radical (unpaired) electrons. The summed E-state index contributed by atoms with van der Waals surface area (Å²) >= 11 is 0. The SMILES string of the molecule is C=C(C)C(=O)OCC1(C)CC2CCC1C2. The van der Waals surface area contributed by atoms with Crippen LogP contribution in [0.2, 0.25) is 0 Å². The number of carbonyl (C=O) groups is 1. The van der Waals surface area contributed by atoms with Gasteiger partial charge in [0.15, 0.2) is 0 Å². The van der Waals surface area contributed by atoms with Crippen LogP contribution in [0.15, 0.2) is 12.2 Å². The summed E-state index contributed by atoms with van der Waals surface area (Å²) < 4.78 is 5.30. The van der Waals surface area contributed by atoms with Crippen LogP contribution >= 0.6 is 0 Å². The molecule has 0 aromatic rings.